The van der Waals surface area contributed by atoms with Gasteiger partial charge in [0.25, 0.3) is 5.91 Å². The summed E-state index contributed by atoms with van der Waals surface area (Å²) in [4.78, 5) is 33.9. The number of carbonyl (C=O) groups excluding carboxylic acids is 2. The van der Waals surface area contributed by atoms with Crippen molar-refractivity contribution in [1.29, 1.82) is 0 Å². The number of benzene rings is 1. The lowest BCUT2D eigenvalue weighted by atomic mass is 9.92. The molecule has 1 unspecified atom stereocenters. The molecule has 2 aliphatic heterocycles. The minimum Gasteiger partial charge on any atom is -0.486 e. The molecule has 0 bridgehead atoms. The summed E-state index contributed by atoms with van der Waals surface area (Å²) in [5, 5.41) is 0. The predicted octanol–water partition coefficient (Wildman–Crippen LogP) is 3.11. The molecule has 0 spiro atoms. The molecule has 7 heteroatoms. The van der Waals surface area contributed by atoms with Crippen LogP contribution in [0.4, 0.5) is 0 Å². The molecule has 0 aliphatic carbocycles. The number of ether oxygens (including phenoxy) is 1. The van der Waals surface area contributed by atoms with Crippen molar-refractivity contribution >= 4 is 11.8 Å². The number of piperidine rings is 2. The maximum Gasteiger partial charge on any atom is 0.253 e. The third-order valence-corrected chi connectivity index (χ3v) is 6.49. The molecule has 2 amide bonds. The summed E-state index contributed by atoms with van der Waals surface area (Å²) in [7, 11) is 1.93. The van der Waals surface area contributed by atoms with Crippen LogP contribution >= 0.6 is 0 Å². The number of amides is 2. The van der Waals surface area contributed by atoms with E-state index in [1.165, 1.54) is 6.42 Å². The van der Waals surface area contributed by atoms with Crippen LogP contribution in [-0.2, 0) is 18.4 Å². The number of imidazole rings is 1. The van der Waals surface area contributed by atoms with Crippen molar-refractivity contribution in [3.05, 3.63) is 48.0 Å². The Morgan fingerprint density at radius 3 is 2.45 bits per heavy atom. The van der Waals surface area contributed by atoms with Gasteiger partial charge in [-0.1, -0.05) is 6.92 Å². The number of carbonyl (C=O) groups is 2. The molecule has 2 saturated heterocycles. The maximum atomic E-state index is 12.9. The first-order chi connectivity index (χ1) is 15.0. The van der Waals surface area contributed by atoms with Gasteiger partial charge in [0, 0.05) is 57.1 Å². The van der Waals surface area contributed by atoms with Gasteiger partial charge in [-0.15, -0.1) is 0 Å². The largest absolute Gasteiger partial charge is 0.486 e. The standard InChI is InChI=1S/C24H32N4O3/c1-18-4-3-12-28(16-18)24(30)20-9-13-27(14-10-20)23(29)19-5-7-21(8-6-19)31-17-22-25-11-15-26(22)2/h5-8,11,15,18,20H,3-4,9-10,12-14,16-17H2,1-2H3. The SMILES string of the molecule is CC1CCCN(C(=O)C2CCN(C(=O)c3ccc(OCc4nccn4C)cc3)CC2)C1. The van der Waals surface area contributed by atoms with Crippen molar-refractivity contribution in [2.45, 2.75) is 39.2 Å². The Morgan fingerprint density at radius 2 is 1.81 bits per heavy atom. The zero-order valence-corrected chi connectivity index (χ0v) is 18.5. The molecule has 1 aromatic heterocycles. The van der Waals surface area contributed by atoms with E-state index in [1.54, 1.807) is 6.20 Å². The molecule has 4 rings (SSSR count). The fourth-order valence-electron chi connectivity index (χ4n) is 4.54. The van der Waals surface area contributed by atoms with Crippen LogP contribution in [0.25, 0.3) is 0 Å². The summed E-state index contributed by atoms with van der Waals surface area (Å²) in [6.45, 7) is 5.64. The van der Waals surface area contributed by atoms with Gasteiger partial charge in [0.05, 0.1) is 0 Å². The summed E-state index contributed by atoms with van der Waals surface area (Å²) in [6, 6.07) is 7.26. The molecule has 0 radical (unpaired) electrons. The van der Waals surface area contributed by atoms with Crippen LogP contribution in [0.3, 0.4) is 0 Å². The first kappa shape index (κ1) is 21.4. The van der Waals surface area contributed by atoms with Crippen molar-refractivity contribution < 1.29 is 14.3 Å². The van der Waals surface area contributed by atoms with E-state index in [-0.39, 0.29) is 17.7 Å². The van der Waals surface area contributed by atoms with E-state index < -0.39 is 0 Å². The molecular weight excluding hydrogens is 392 g/mol. The quantitative estimate of drug-likeness (QED) is 0.740. The van der Waals surface area contributed by atoms with Crippen LogP contribution in [0, 0.1) is 11.8 Å². The Bertz CT molecular complexity index is 900. The van der Waals surface area contributed by atoms with Gasteiger partial charge in [-0.2, -0.15) is 0 Å². The van der Waals surface area contributed by atoms with Crippen LogP contribution in [-0.4, -0.2) is 57.3 Å². The van der Waals surface area contributed by atoms with E-state index in [1.807, 2.05) is 51.9 Å². The van der Waals surface area contributed by atoms with Gasteiger partial charge >= 0.3 is 0 Å². The molecule has 3 heterocycles. The molecule has 2 aliphatic rings. The predicted molar refractivity (Wildman–Crippen MR) is 118 cm³/mol. The highest BCUT2D eigenvalue weighted by Gasteiger charge is 2.32. The smallest absolute Gasteiger partial charge is 0.253 e. The Labute approximate surface area is 184 Å². The molecule has 2 aromatic rings. The molecule has 7 nitrogen and oxygen atoms in total. The first-order valence-corrected chi connectivity index (χ1v) is 11.3. The van der Waals surface area contributed by atoms with Crippen molar-refractivity contribution in [3.63, 3.8) is 0 Å². The maximum absolute atomic E-state index is 12.9. The first-order valence-electron chi connectivity index (χ1n) is 11.3. The van der Waals surface area contributed by atoms with E-state index in [0.717, 1.165) is 38.2 Å². The second kappa shape index (κ2) is 9.54. The molecule has 0 saturated carbocycles. The average Bonchev–Trinajstić information content (AvgIpc) is 3.22. The average molecular weight is 425 g/mol. The van der Waals surface area contributed by atoms with Crippen molar-refractivity contribution in [1.82, 2.24) is 19.4 Å². The second-order valence-corrected chi connectivity index (χ2v) is 8.87. The lowest BCUT2D eigenvalue weighted by Crippen LogP contribution is -2.47. The number of rotatable bonds is 5. The van der Waals surface area contributed by atoms with Crippen molar-refractivity contribution in [2.24, 2.45) is 18.9 Å². The number of hydrogen-bond acceptors (Lipinski definition) is 4. The van der Waals surface area contributed by atoms with Crippen LogP contribution < -0.4 is 4.74 Å². The molecular formula is C24H32N4O3. The zero-order chi connectivity index (χ0) is 21.8. The fourth-order valence-corrected chi connectivity index (χ4v) is 4.54. The molecule has 0 N–H and O–H groups in total. The van der Waals surface area contributed by atoms with Crippen LogP contribution in [0.2, 0.25) is 0 Å². The Balaban J connectivity index is 1.27. The molecule has 31 heavy (non-hydrogen) atoms. The summed E-state index contributed by atoms with van der Waals surface area (Å²) in [5.41, 5.74) is 0.652. The number of likely N-dealkylation sites (tertiary alicyclic amines) is 2. The van der Waals surface area contributed by atoms with Crippen LogP contribution in [0.1, 0.15) is 48.8 Å². The summed E-state index contributed by atoms with van der Waals surface area (Å²) in [6.07, 6.45) is 7.43. The number of aromatic nitrogens is 2. The fraction of sp³-hybridized carbons (Fsp3) is 0.542. The second-order valence-electron chi connectivity index (χ2n) is 8.87. The van der Waals surface area contributed by atoms with E-state index in [0.29, 0.717) is 36.9 Å². The van der Waals surface area contributed by atoms with Gasteiger partial charge in [-0.3, -0.25) is 9.59 Å². The number of nitrogens with zero attached hydrogens (tertiary/aromatic N) is 4. The molecule has 1 atom stereocenters. The highest BCUT2D eigenvalue weighted by molar-refractivity contribution is 5.94. The highest BCUT2D eigenvalue weighted by Crippen LogP contribution is 2.25. The van der Waals surface area contributed by atoms with Crippen LogP contribution in [0.15, 0.2) is 36.7 Å². The normalized spacial score (nSPS) is 20.0. The third-order valence-electron chi connectivity index (χ3n) is 6.49. The lowest BCUT2D eigenvalue weighted by Gasteiger charge is -2.37. The molecule has 2 fully saturated rings. The summed E-state index contributed by atoms with van der Waals surface area (Å²) < 4.78 is 7.68. The van der Waals surface area contributed by atoms with Gasteiger partial charge in [0.1, 0.15) is 18.2 Å². The summed E-state index contributed by atoms with van der Waals surface area (Å²) in [5.74, 6) is 2.50. The number of aryl methyl sites for hydroxylation is 1. The van der Waals surface area contributed by atoms with Gasteiger partial charge in [-0.05, 0) is 55.9 Å². The van der Waals surface area contributed by atoms with Gasteiger partial charge in [0.15, 0.2) is 0 Å². The topological polar surface area (TPSA) is 67.7 Å². The van der Waals surface area contributed by atoms with Crippen LogP contribution in [0.5, 0.6) is 5.75 Å². The highest BCUT2D eigenvalue weighted by atomic mass is 16.5. The Hall–Kier alpha value is -2.83. The van der Waals surface area contributed by atoms with Gasteiger partial charge in [0.2, 0.25) is 5.91 Å². The monoisotopic (exact) mass is 424 g/mol. The minimum atomic E-state index is 0.0214. The zero-order valence-electron chi connectivity index (χ0n) is 18.5. The van der Waals surface area contributed by atoms with E-state index in [4.69, 9.17) is 4.74 Å². The Morgan fingerprint density at radius 1 is 1.06 bits per heavy atom. The van der Waals surface area contributed by atoms with Crippen molar-refractivity contribution in [2.75, 3.05) is 26.2 Å². The Kier molecular flexibility index (Phi) is 6.59. The minimum absolute atomic E-state index is 0.0214. The lowest BCUT2D eigenvalue weighted by molar-refractivity contribution is -0.138. The van der Waals surface area contributed by atoms with Gasteiger partial charge in [-0.25, -0.2) is 4.98 Å². The number of hydrogen-bond donors (Lipinski definition) is 0. The molecule has 1 aromatic carbocycles. The van der Waals surface area contributed by atoms with Gasteiger partial charge < -0.3 is 19.1 Å². The third kappa shape index (κ3) is 5.09. The molecule has 166 valence electrons. The van der Waals surface area contributed by atoms with E-state index in [9.17, 15) is 9.59 Å². The van der Waals surface area contributed by atoms with E-state index >= 15 is 0 Å². The van der Waals surface area contributed by atoms with E-state index in [2.05, 4.69) is 11.9 Å². The summed E-state index contributed by atoms with van der Waals surface area (Å²) >= 11 is 0. The van der Waals surface area contributed by atoms with Crippen molar-refractivity contribution in [3.8, 4) is 5.75 Å².